The van der Waals surface area contributed by atoms with Crippen LogP contribution in [0.15, 0.2) is 53.5 Å². The third-order valence-corrected chi connectivity index (χ3v) is 6.29. The molecular weight excluding hydrogens is 511 g/mol. The first-order valence-electron chi connectivity index (χ1n) is 12.3. The number of ether oxygens (including phenoxy) is 1. The van der Waals surface area contributed by atoms with E-state index in [1.165, 1.54) is 0 Å². The lowest BCUT2D eigenvalue weighted by Gasteiger charge is -2.30. The van der Waals surface area contributed by atoms with Crippen molar-refractivity contribution < 1.29 is 9.53 Å². The fourth-order valence-electron chi connectivity index (χ4n) is 4.42. The topological polar surface area (TPSA) is 115 Å². The number of amidine groups is 1. The third kappa shape index (κ3) is 8.02. The maximum absolute atomic E-state index is 12.8. The molecule has 0 radical (unpaired) electrons. The number of nitrogens with two attached hydrogens (primary N) is 1. The minimum absolute atomic E-state index is 0. The van der Waals surface area contributed by atoms with Crippen LogP contribution in [-0.2, 0) is 4.74 Å². The zero-order valence-corrected chi connectivity index (χ0v) is 22.9. The normalized spacial score (nSPS) is 17.4. The molecule has 1 saturated carbocycles. The number of aromatic nitrogens is 2. The fourth-order valence-corrected chi connectivity index (χ4v) is 4.42. The molecule has 0 saturated heterocycles. The molecule has 0 aliphatic heterocycles. The number of carbonyl (C=O) groups excluding carboxylic acids is 1. The number of anilines is 1. The van der Waals surface area contributed by atoms with E-state index in [0.29, 0.717) is 24.8 Å². The number of methoxy groups -OCH3 is 1. The molecule has 2 aromatic carbocycles. The Hall–Kier alpha value is -2.94. The van der Waals surface area contributed by atoms with Gasteiger partial charge in [0.1, 0.15) is 11.7 Å². The molecule has 1 aromatic heterocycles. The van der Waals surface area contributed by atoms with Crippen LogP contribution in [-0.4, -0.2) is 54.1 Å². The largest absolute Gasteiger partial charge is 0.385 e. The van der Waals surface area contributed by atoms with Crippen molar-refractivity contribution in [2.24, 2.45) is 10.7 Å². The van der Waals surface area contributed by atoms with Crippen LogP contribution < -0.4 is 16.4 Å². The predicted molar refractivity (Wildman–Crippen MR) is 154 cm³/mol. The second-order valence-corrected chi connectivity index (χ2v) is 9.00. The van der Waals surface area contributed by atoms with Crippen LogP contribution in [0.2, 0.25) is 0 Å². The number of aliphatic imine (C=N–C) groups is 1. The van der Waals surface area contributed by atoms with Gasteiger partial charge in [-0.15, -0.1) is 24.8 Å². The number of benzene rings is 2. The summed E-state index contributed by atoms with van der Waals surface area (Å²) in [7, 11) is 1.64. The van der Waals surface area contributed by atoms with Crippen LogP contribution in [0.1, 0.15) is 53.8 Å². The summed E-state index contributed by atoms with van der Waals surface area (Å²) in [6, 6.07) is 15.9. The molecule has 200 valence electrons. The number of nitrogens with one attached hydrogen (secondary N) is 2. The average Bonchev–Trinajstić information content (AvgIpc) is 2.88. The van der Waals surface area contributed by atoms with Gasteiger partial charge in [0, 0.05) is 37.3 Å². The van der Waals surface area contributed by atoms with Gasteiger partial charge in [-0.2, -0.15) is 0 Å². The van der Waals surface area contributed by atoms with E-state index in [9.17, 15) is 4.79 Å². The van der Waals surface area contributed by atoms with E-state index in [1.54, 1.807) is 7.11 Å². The molecule has 3 aromatic rings. The van der Waals surface area contributed by atoms with Gasteiger partial charge in [0.15, 0.2) is 0 Å². The van der Waals surface area contributed by atoms with Crippen molar-refractivity contribution in [3.8, 4) is 0 Å². The maximum atomic E-state index is 12.8. The van der Waals surface area contributed by atoms with Crippen LogP contribution in [0.4, 0.5) is 5.82 Å². The summed E-state index contributed by atoms with van der Waals surface area (Å²) in [6.07, 6.45) is 4.83. The van der Waals surface area contributed by atoms with Crippen LogP contribution >= 0.6 is 24.8 Å². The Bertz CT molecular complexity index is 1190. The first-order chi connectivity index (χ1) is 17.0. The summed E-state index contributed by atoms with van der Waals surface area (Å²) in [5.41, 5.74) is 9.12. The number of halogens is 2. The summed E-state index contributed by atoms with van der Waals surface area (Å²) >= 11 is 0. The highest BCUT2D eigenvalue weighted by Gasteiger charge is 2.27. The quantitative estimate of drug-likeness (QED) is 0.204. The van der Waals surface area contributed by atoms with Gasteiger partial charge in [0.2, 0.25) is 5.82 Å². The number of rotatable bonds is 9. The molecule has 4 N–H and O–H groups in total. The second-order valence-electron chi connectivity index (χ2n) is 9.00. The number of hydrogen-bond donors (Lipinski definition) is 3. The summed E-state index contributed by atoms with van der Waals surface area (Å²) in [6.45, 7) is 3.12. The minimum atomic E-state index is -0.293. The van der Waals surface area contributed by atoms with Crippen LogP contribution in [0, 0.1) is 6.92 Å². The zero-order chi connectivity index (χ0) is 24.6. The van der Waals surface area contributed by atoms with Crippen molar-refractivity contribution in [1.82, 2.24) is 15.3 Å². The Labute approximate surface area is 230 Å². The Morgan fingerprint density at radius 3 is 2.62 bits per heavy atom. The summed E-state index contributed by atoms with van der Waals surface area (Å²) in [4.78, 5) is 26.9. The number of hydrogen-bond acceptors (Lipinski definition) is 6. The lowest BCUT2D eigenvalue weighted by atomic mass is 9.90. The molecule has 1 heterocycles. The van der Waals surface area contributed by atoms with Gasteiger partial charge in [-0.25, -0.2) is 9.97 Å². The van der Waals surface area contributed by atoms with Gasteiger partial charge < -0.3 is 21.1 Å². The Kier molecular flexibility index (Phi) is 12.0. The molecule has 1 fully saturated rings. The molecule has 0 spiro atoms. The maximum Gasteiger partial charge on any atom is 0.289 e. The van der Waals surface area contributed by atoms with Gasteiger partial charge >= 0.3 is 0 Å². The van der Waals surface area contributed by atoms with Gasteiger partial charge in [0.05, 0.1) is 11.6 Å². The van der Waals surface area contributed by atoms with E-state index >= 15 is 0 Å². The lowest BCUT2D eigenvalue weighted by molar-refractivity contribution is 0.0938. The van der Waals surface area contributed by atoms with E-state index in [2.05, 4.69) is 26.7 Å². The summed E-state index contributed by atoms with van der Waals surface area (Å²) < 4.78 is 5.06. The number of carbonyl (C=O) groups is 1. The van der Waals surface area contributed by atoms with Crippen LogP contribution in [0.3, 0.4) is 0 Å². The van der Waals surface area contributed by atoms with Crippen LogP contribution in [0.5, 0.6) is 0 Å². The van der Waals surface area contributed by atoms with Gasteiger partial charge in [-0.3, -0.25) is 9.79 Å². The molecule has 2 atom stereocenters. The first-order valence-corrected chi connectivity index (χ1v) is 12.3. The minimum Gasteiger partial charge on any atom is -0.385 e. The third-order valence-electron chi connectivity index (χ3n) is 6.29. The number of nitrogens with zero attached hydrogens (tertiary/aromatic N) is 3. The fraction of sp³-hybridized carbons (Fsp3) is 0.407. The van der Waals surface area contributed by atoms with E-state index in [4.69, 9.17) is 15.5 Å². The Morgan fingerprint density at radius 1 is 1.11 bits per heavy atom. The first kappa shape index (κ1) is 30.3. The van der Waals surface area contributed by atoms with Gasteiger partial charge in [-0.05, 0) is 38.3 Å². The molecule has 37 heavy (non-hydrogen) atoms. The van der Waals surface area contributed by atoms with Crippen LogP contribution in [0.25, 0.3) is 10.9 Å². The Morgan fingerprint density at radius 2 is 1.86 bits per heavy atom. The standard InChI is InChI=1S/C27H34N6O2.2ClH/c1-18-13-14-21-20(17-18)25(33-26(31-21)27(34)29-15-8-16-35-2)32-23-12-7-6-11-22(23)30-24(28)19-9-4-3-5-10-19;;/h3-5,9-10,13-14,17,22-23H,6-8,11-12,15-16H2,1-2H3,(H2,28,30)(H,29,34)(H,31,32,33);2*1H/t22-,23+;;/m1../s1. The van der Waals surface area contributed by atoms with E-state index in [1.807, 2.05) is 49.4 Å². The van der Waals surface area contributed by atoms with Gasteiger partial charge in [0.25, 0.3) is 5.91 Å². The molecule has 4 rings (SSSR count). The van der Waals surface area contributed by atoms with Gasteiger partial charge in [-0.1, -0.05) is 54.8 Å². The highest BCUT2D eigenvalue weighted by atomic mass is 35.5. The number of amides is 1. The highest BCUT2D eigenvalue weighted by Crippen LogP contribution is 2.28. The van der Waals surface area contributed by atoms with Crippen molar-refractivity contribution in [2.75, 3.05) is 25.6 Å². The molecule has 1 aliphatic carbocycles. The highest BCUT2D eigenvalue weighted by molar-refractivity contribution is 5.98. The monoisotopic (exact) mass is 546 g/mol. The smallest absolute Gasteiger partial charge is 0.289 e. The molecule has 0 bridgehead atoms. The van der Waals surface area contributed by atoms with Crippen molar-refractivity contribution in [3.05, 3.63) is 65.5 Å². The SMILES string of the molecule is COCCCNC(=O)c1nc(N[C@H]2CCCC[C@H]2N=C(N)c2ccccc2)c2cc(C)ccc2n1.Cl.Cl. The molecule has 1 amide bonds. The number of aryl methyl sites for hydroxylation is 1. The molecule has 10 heteroatoms. The van der Waals surface area contributed by atoms with Crippen molar-refractivity contribution in [3.63, 3.8) is 0 Å². The van der Waals surface area contributed by atoms with Crippen molar-refractivity contribution in [2.45, 2.75) is 51.1 Å². The van der Waals surface area contributed by atoms with Crippen molar-refractivity contribution in [1.29, 1.82) is 0 Å². The molecule has 8 nitrogen and oxygen atoms in total. The Balaban J connectivity index is 0.00000241. The van der Waals surface area contributed by atoms with E-state index in [-0.39, 0.29) is 48.6 Å². The second kappa shape index (κ2) is 14.7. The number of fused-ring (bicyclic) bond motifs is 1. The van der Waals surface area contributed by atoms with Crippen molar-refractivity contribution >= 4 is 53.3 Å². The molecular formula is C27H36Cl2N6O2. The average molecular weight is 548 g/mol. The zero-order valence-electron chi connectivity index (χ0n) is 21.3. The summed E-state index contributed by atoms with van der Waals surface area (Å²) in [5.74, 6) is 1.06. The van der Waals surface area contributed by atoms with E-state index in [0.717, 1.165) is 54.1 Å². The molecule has 1 aliphatic rings. The molecule has 0 unspecified atom stereocenters. The summed E-state index contributed by atoms with van der Waals surface area (Å²) in [5, 5.41) is 7.39. The van der Waals surface area contributed by atoms with E-state index < -0.39 is 0 Å². The predicted octanol–water partition coefficient (Wildman–Crippen LogP) is 4.68. The lowest BCUT2D eigenvalue weighted by Crippen LogP contribution is -2.37.